The molecule has 2 aromatic rings. The zero-order valence-electron chi connectivity index (χ0n) is 16.5. The number of likely N-dealkylation sites (tertiary alicyclic amines) is 1. The molecule has 28 heavy (non-hydrogen) atoms. The molecule has 0 radical (unpaired) electrons. The van der Waals surface area contributed by atoms with Gasteiger partial charge in [-0.15, -0.1) is 0 Å². The third-order valence-electron chi connectivity index (χ3n) is 5.99. The van der Waals surface area contributed by atoms with Gasteiger partial charge in [0.2, 0.25) is 0 Å². The van der Waals surface area contributed by atoms with E-state index in [1.54, 1.807) is 0 Å². The van der Waals surface area contributed by atoms with Crippen LogP contribution in [-0.2, 0) is 4.74 Å². The van der Waals surface area contributed by atoms with E-state index in [4.69, 9.17) is 4.74 Å². The number of hydrogen-bond donors (Lipinski definition) is 0. The zero-order chi connectivity index (χ0) is 19.2. The van der Waals surface area contributed by atoms with Crippen molar-refractivity contribution in [2.24, 2.45) is 0 Å². The number of nitrogens with zero attached hydrogens (tertiary/aromatic N) is 2. The molecule has 0 aliphatic carbocycles. The summed E-state index contributed by atoms with van der Waals surface area (Å²) in [6.45, 7) is 5.19. The minimum absolute atomic E-state index is 0.0518. The number of benzene rings is 2. The molecule has 4 rings (SSSR count). The first-order chi connectivity index (χ1) is 13.8. The van der Waals surface area contributed by atoms with Crippen molar-refractivity contribution in [2.45, 2.75) is 31.3 Å². The highest BCUT2D eigenvalue weighted by Crippen LogP contribution is 2.32. The average molecular weight is 379 g/mol. The average Bonchev–Trinajstić information content (AvgIpc) is 2.79. The van der Waals surface area contributed by atoms with Crippen LogP contribution in [-0.4, -0.2) is 61.0 Å². The van der Waals surface area contributed by atoms with Crippen molar-refractivity contribution in [3.05, 3.63) is 71.8 Å². The Morgan fingerprint density at radius 2 is 1.36 bits per heavy atom. The first kappa shape index (κ1) is 19.3. The fourth-order valence-corrected chi connectivity index (χ4v) is 4.58. The highest BCUT2D eigenvalue weighted by atomic mass is 16.5. The van der Waals surface area contributed by atoms with E-state index in [0.717, 1.165) is 45.0 Å². The highest BCUT2D eigenvalue weighted by Gasteiger charge is 2.39. The molecule has 2 fully saturated rings. The molecule has 148 valence electrons. The van der Waals surface area contributed by atoms with Crippen LogP contribution in [0.4, 0.5) is 0 Å². The van der Waals surface area contributed by atoms with Crippen molar-refractivity contribution in [2.75, 3.05) is 39.4 Å². The standard InChI is InChI=1S/C24H30N2O2/c27-24(21-12-6-2-7-13-21)23(25-14-8-3-9-15-25)22(20-10-4-1-5-11-20)26-16-18-28-19-17-26/h1-2,4-7,10-13,22-23H,3,8-9,14-19H2/t22-,23-/m1/s1. The van der Waals surface area contributed by atoms with Gasteiger partial charge in [0.15, 0.2) is 5.78 Å². The van der Waals surface area contributed by atoms with E-state index in [1.165, 1.54) is 24.8 Å². The van der Waals surface area contributed by atoms with Crippen LogP contribution in [0.5, 0.6) is 0 Å². The molecule has 4 heteroatoms. The van der Waals surface area contributed by atoms with Crippen LogP contribution in [0.3, 0.4) is 0 Å². The summed E-state index contributed by atoms with van der Waals surface area (Å²) in [7, 11) is 0. The van der Waals surface area contributed by atoms with Crippen molar-refractivity contribution in [3.63, 3.8) is 0 Å². The van der Waals surface area contributed by atoms with Crippen LogP contribution in [0.25, 0.3) is 0 Å². The van der Waals surface area contributed by atoms with Gasteiger partial charge in [-0.25, -0.2) is 0 Å². The van der Waals surface area contributed by atoms with Gasteiger partial charge >= 0.3 is 0 Å². The number of ketones is 1. The third-order valence-corrected chi connectivity index (χ3v) is 5.99. The fraction of sp³-hybridized carbons (Fsp3) is 0.458. The lowest BCUT2D eigenvalue weighted by Gasteiger charge is -2.44. The topological polar surface area (TPSA) is 32.8 Å². The third kappa shape index (κ3) is 4.35. The molecule has 0 spiro atoms. The minimum atomic E-state index is -0.164. The quantitative estimate of drug-likeness (QED) is 0.716. The summed E-state index contributed by atoms with van der Waals surface area (Å²) in [4.78, 5) is 18.7. The Kier molecular flexibility index (Phi) is 6.53. The minimum Gasteiger partial charge on any atom is -0.379 e. The number of ether oxygens (including phenoxy) is 1. The summed E-state index contributed by atoms with van der Waals surface area (Å²) in [6, 6.07) is 20.3. The predicted octanol–water partition coefficient (Wildman–Crippen LogP) is 3.80. The molecule has 0 N–H and O–H groups in total. The lowest BCUT2D eigenvalue weighted by atomic mass is 9.88. The first-order valence-electron chi connectivity index (χ1n) is 10.5. The molecule has 2 heterocycles. The fourth-order valence-electron chi connectivity index (χ4n) is 4.58. The van der Waals surface area contributed by atoms with E-state index in [9.17, 15) is 4.79 Å². The molecule has 0 saturated carbocycles. The predicted molar refractivity (Wildman–Crippen MR) is 112 cm³/mol. The van der Waals surface area contributed by atoms with Gasteiger partial charge in [0.05, 0.1) is 25.3 Å². The second-order valence-corrected chi connectivity index (χ2v) is 7.78. The van der Waals surface area contributed by atoms with Gasteiger partial charge in [0.1, 0.15) is 0 Å². The van der Waals surface area contributed by atoms with E-state index in [1.807, 2.05) is 30.3 Å². The maximum Gasteiger partial charge on any atom is 0.181 e. The number of rotatable bonds is 6. The molecular formula is C24H30N2O2. The van der Waals surface area contributed by atoms with Crippen LogP contribution < -0.4 is 0 Å². The smallest absolute Gasteiger partial charge is 0.181 e. The molecule has 0 unspecified atom stereocenters. The summed E-state index contributed by atoms with van der Waals surface area (Å²) in [5.41, 5.74) is 2.04. The highest BCUT2D eigenvalue weighted by molar-refractivity contribution is 6.00. The number of Topliss-reactive ketones (excluding diaryl/α,β-unsaturated/α-hetero) is 1. The van der Waals surface area contributed by atoms with Crippen molar-refractivity contribution < 1.29 is 9.53 Å². The van der Waals surface area contributed by atoms with Gasteiger partial charge in [-0.1, -0.05) is 67.1 Å². The van der Waals surface area contributed by atoms with Gasteiger partial charge in [-0.05, 0) is 31.5 Å². The lowest BCUT2D eigenvalue weighted by molar-refractivity contribution is -0.00990. The molecule has 0 bridgehead atoms. The SMILES string of the molecule is O=C(c1ccccc1)[C@@H]([C@@H](c1ccccc1)N1CCOCC1)N1CCCCC1. The van der Waals surface area contributed by atoms with Crippen molar-refractivity contribution >= 4 is 5.78 Å². The van der Waals surface area contributed by atoms with Crippen LogP contribution in [0.15, 0.2) is 60.7 Å². The summed E-state index contributed by atoms with van der Waals surface area (Å²) < 4.78 is 5.62. The van der Waals surface area contributed by atoms with Crippen LogP contribution in [0.1, 0.15) is 41.2 Å². The molecule has 2 atom stereocenters. The van der Waals surface area contributed by atoms with E-state index in [0.29, 0.717) is 0 Å². The Labute approximate surface area is 168 Å². The normalized spacial score (nSPS) is 21.1. The largest absolute Gasteiger partial charge is 0.379 e. The number of piperidine rings is 1. The number of hydrogen-bond acceptors (Lipinski definition) is 4. The first-order valence-corrected chi connectivity index (χ1v) is 10.5. The molecular weight excluding hydrogens is 348 g/mol. The summed E-state index contributed by atoms with van der Waals surface area (Å²) in [5, 5.41) is 0. The Morgan fingerprint density at radius 1 is 0.750 bits per heavy atom. The van der Waals surface area contributed by atoms with Crippen molar-refractivity contribution in [1.82, 2.24) is 9.80 Å². The van der Waals surface area contributed by atoms with Gasteiger partial charge in [0.25, 0.3) is 0 Å². The Hall–Kier alpha value is -2.01. The van der Waals surface area contributed by atoms with E-state index >= 15 is 0 Å². The second kappa shape index (κ2) is 9.46. The van der Waals surface area contributed by atoms with E-state index < -0.39 is 0 Å². The summed E-state index contributed by atoms with van der Waals surface area (Å²) in [5.74, 6) is 0.239. The number of carbonyl (C=O) groups is 1. The Bertz CT molecular complexity index is 738. The number of carbonyl (C=O) groups excluding carboxylic acids is 1. The lowest BCUT2D eigenvalue weighted by Crippen LogP contribution is -2.54. The van der Waals surface area contributed by atoms with E-state index in [2.05, 4.69) is 40.1 Å². The van der Waals surface area contributed by atoms with E-state index in [-0.39, 0.29) is 17.9 Å². The number of morpholine rings is 1. The maximum atomic E-state index is 13.8. The van der Waals surface area contributed by atoms with Gasteiger partial charge < -0.3 is 4.74 Å². The monoisotopic (exact) mass is 378 g/mol. The van der Waals surface area contributed by atoms with Gasteiger partial charge in [0, 0.05) is 18.7 Å². The molecule has 2 aliphatic heterocycles. The van der Waals surface area contributed by atoms with Crippen LogP contribution in [0.2, 0.25) is 0 Å². The second-order valence-electron chi connectivity index (χ2n) is 7.78. The molecule has 2 aromatic carbocycles. The molecule has 2 aliphatic rings. The Morgan fingerprint density at radius 3 is 2.00 bits per heavy atom. The Balaban J connectivity index is 1.74. The molecule has 0 aromatic heterocycles. The molecule has 2 saturated heterocycles. The van der Waals surface area contributed by atoms with Gasteiger partial charge in [-0.3, -0.25) is 14.6 Å². The van der Waals surface area contributed by atoms with Crippen LogP contribution in [0, 0.1) is 0 Å². The molecule has 4 nitrogen and oxygen atoms in total. The summed E-state index contributed by atoms with van der Waals surface area (Å²) in [6.07, 6.45) is 3.60. The van der Waals surface area contributed by atoms with Crippen molar-refractivity contribution in [1.29, 1.82) is 0 Å². The maximum absolute atomic E-state index is 13.8. The zero-order valence-corrected chi connectivity index (χ0v) is 16.5. The van der Waals surface area contributed by atoms with Crippen molar-refractivity contribution in [3.8, 4) is 0 Å². The van der Waals surface area contributed by atoms with Crippen LogP contribution >= 0.6 is 0 Å². The molecule has 0 amide bonds. The summed E-state index contributed by atoms with van der Waals surface area (Å²) >= 11 is 0. The van der Waals surface area contributed by atoms with Gasteiger partial charge in [-0.2, -0.15) is 0 Å².